The summed E-state index contributed by atoms with van der Waals surface area (Å²) >= 11 is 0. The lowest BCUT2D eigenvalue weighted by molar-refractivity contribution is 0.660. The number of nitrogens with zero attached hydrogens (tertiary/aromatic N) is 1. The van der Waals surface area contributed by atoms with Crippen molar-refractivity contribution in [2.24, 2.45) is 0 Å². The highest BCUT2D eigenvalue weighted by molar-refractivity contribution is 6.29. The van der Waals surface area contributed by atoms with E-state index in [4.69, 9.17) is 0 Å². The third kappa shape index (κ3) is 5.01. The molecular weight excluding hydrogens is 675 g/mol. The Morgan fingerprint density at radius 1 is 0.321 bits per heavy atom. The van der Waals surface area contributed by atoms with E-state index in [1.54, 1.807) is 0 Å². The van der Waals surface area contributed by atoms with Gasteiger partial charge in [0, 0.05) is 22.5 Å². The van der Waals surface area contributed by atoms with Gasteiger partial charge in [-0.2, -0.15) is 0 Å². The minimum atomic E-state index is -0.0471. The molecule has 0 saturated carbocycles. The third-order valence-electron chi connectivity index (χ3n) is 12.2. The molecule has 0 spiro atoms. The molecule has 11 rings (SSSR count). The summed E-state index contributed by atoms with van der Waals surface area (Å²) in [5.74, 6) is 0. The van der Waals surface area contributed by atoms with Crippen molar-refractivity contribution >= 4 is 60.2 Å². The number of rotatable bonds is 5. The molecule has 1 heteroatoms. The summed E-state index contributed by atoms with van der Waals surface area (Å²) in [4.78, 5) is 2.41. The van der Waals surface area contributed by atoms with Gasteiger partial charge in [0.05, 0.1) is 0 Å². The molecule has 0 heterocycles. The molecule has 0 unspecified atom stereocenters. The second-order valence-corrected chi connectivity index (χ2v) is 15.7. The van der Waals surface area contributed by atoms with Crippen molar-refractivity contribution in [3.63, 3.8) is 0 Å². The first kappa shape index (κ1) is 32.5. The first-order chi connectivity index (χ1) is 27.5. The van der Waals surface area contributed by atoms with E-state index in [0.29, 0.717) is 0 Å². The number of benzene rings is 10. The minimum absolute atomic E-state index is 0.0471. The molecule has 1 aliphatic rings. The second kappa shape index (κ2) is 12.5. The zero-order valence-corrected chi connectivity index (χ0v) is 31.5. The summed E-state index contributed by atoms with van der Waals surface area (Å²) < 4.78 is 0. The van der Waals surface area contributed by atoms with Gasteiger partial charge in [-0.3, -0.25) is 0 Å². The monoisotopic (exact) mass is 713 g/mol. The van der Waals surface area contributed by atoms with Crippen LogP contribution in [0, 0.1) is 0 Å². The van der Waals surface area contributed by atoms with Crippen LogP contribution in [0.5, 0.6) is 0 Å². The largest absolute Gasteiger partial charge is 0.310 e. The topological polar surface area (TPSA) is 3.24 Å². The molecule has 0 N–H and O–H groups in total. The Labute approximate surface area is 327 Å². The average molecular weight is 714 g/mol. The predicted octanol–water partition coefficient (Wildman–Crippen LogP) is 15.4. The lowest BCUT2D eigenvalue weighted by Gasteiger charge is -2.27. The summed E-state index contributed by atoms with van der Waals surface area (Å²) in [5, 5.41) is 10.3. The van der Waals surface area contributed by atoms with Crippen molar-refractivity contribution in [3.8, 4) is 33.4 Å². The molecule has 10 aromatic carbocycles. The lowest BCUT2D eigenvalue weighted by atomic mass is 9.82. The van der Waals surface area contributed by atoms with Crippen molar-refractivity contribution in [2.75, 3.05) is 4.90 Å². The Morgan fingerprint density at radius 2 is 0.875 bits per heavy atom. The summed E-state index contributed by atoms with van der Waals surface area (Å²) in [7, 11) is 0. The SMILES string of the molecule is CC1(C)c2ccccc2-c2cc(N(c3ccc(-c4ccccc4)cc3)c3ccc(-c4cc5ccccc5c5c4ccc4ccc6ccccc6c45)cc3)ccc21. The van der Waals surface area contributed by atoms with Crippen LogP contribution in [0.2, 0.25) is 0 Å². The van der Waals surface area contributed by atoms with Crippen molar-refractivity contribution in [1.29, 1.82) is 0 Å². The maximum Gasteiger partial charge on any atom is 0.0468 e. The van der Waals surface area contributed by atoms with Crippen molar-refractivity contribution in [3.05, 3.63) is 211 Å². The fourth-order valence-electron chi connectivity index (χ4n) is 9.44. The van der Waals surface area contributed by atoms with E-state index in [-0.39, 0.29) is 5.41 Å². The molecular formula is C55H39N. The minimum Gasteiger partial charge on any atom is -0.310 e. The van der Waals surface area contributed by atoms with Crippen LogP contribution >= 0.6 is 0 Å². The van der Waals surface area contributed by atoms with E-state index in [1.165, 1.54) is 87.6 Å². The van der Waals surface area contributed by atoms with Crippen LogP contribution in [0.25, 0.3) is 76.5 Å². The van der Waals surface area contributed by atoms with Crippen LogP contribution in [-0.4, -0.2) is 0 Å². The fourth-order valence-corrected chi connectivity index (χ4v) is 9.44. The molecule has 1 nitrogen and oxygen atoms in total. The van der Waals surface area contributed by atoms with Gasteiger partial charge in [-0.1, -0.05) is 172 Å². The van der Waals surface area contributed by atoms with Crippen molar-refractivity contribution in [1.82, 2.24) is 0 Å². The van der Waals surface area contributed by atoms with E-state index >= 15 is 0 Å². The molecule has 0 aliphatic heterocycles. The summed E-state index contributed by atoms with van der Waals surface area (Å²) in [6, 6.07) is 73.9. The fraction of sp³-hybridized carbons (Fsp3) is 0.0545. The Hall–Kier alpha value is -6.96. The van der Waals surface area contributed by atoms with Crippen LogP contribution in [0.3, 0.4) is 0 Å². The first-order valence-corrected chi connectivity index (χ1v) is 19.6. The van der Waals surface area contributed by atoms with E-state index in [1.807, 2.05) is 0 Å². The van der Waals surface area contributed by atoms with Crippen LogP contribution in [0.4, 0.5) is 17.1 Å². The standard InChI is InChI=1S/C55H39N/c1-55(2)51-19-11-10-18-47(51)50-35-44(31-33-52(50)55)56(42-27-22-37(23-28-42)36-12-4-3-5-13-36)43-29-24-39(25-30-43)49-34-41-15-7-9-17-46(41)54-48(49)32-26-40-21-20-38-14-6-8-16-45(38)53(40)54/h3-35H,1-2H3. The lowest BCUT2D eigenvalue weighted by Crippen LogP contribution is -2.15. The highest BCUT2D eigenvalue weighted by Gasteiger charge is 2.35. The van der Waals surface area contributed by atoms with Crippen molar-refractivity contribution < 1.29 is 0 Å². The molecule has 0 atom stereocenters. The second-order valence-electron chi connectivity index (χ2n) is 15.7. The zero-order valence-electron chi connectivity index (χ0n) is 31.5. The summed E-state index contributed by atoms with van der Waals surface area (Å²) in [6.07, 6.45) is 0. The highest BCUT2D eigenvalue weighted by Crippen LogP contribution is 2.51. The Balaban J connectivity index is 1.08. The Bertz CT molecular complexity index is 3140. The molecule has 0 radical (unpaired) electrons. The van der Waals surface area contributed by atoms with Crippen LogP contribution < -0.4 is 4.90 Å². The van der Waals surface area contributed by atoms with Crippen LogP contribution in [0.15, 0.2) is 200 Å². The average Bonchev–Trinajstić information content (AvgIpc) is 3.49. The summed E-state index contributed by atoms with van der Waals surface area (Å²) in [6.45, 7) is 4.69. The molecule has 0 fully saturated rings. The van der Waals surface area contributed by atoms with E-state index < -0.39 is 0 Å². The Kier molecular flexibility index (Phi) is 7.28. The van der Waals surface area contributed by atoms with Gasteiger partial charge in [-0.15, -0.1) is 0 Å². The van der Waals surface area contributed by atoms with Gasteiger partial charge >= 0.3 is 0 Å². The van der Waals surface area contributed by atoms with Gasteiger partial charge in [0.15, 0.2) is 0 Å². The number of anilines is 3. The normalized spacial score (nSPS) is 13.0. The Morgan fingerprint density at radius 3 is 1.64 bits per heavy atom. The maximum atomic E-state index is 2.41. The molecule has 264 valence electrons. The number of hydrogen-bond donors (Lipinski definition) is 0. The smallest absolute Gasteiger partial charge is 0.0468 e. The van der Waals surface area contributed by atoms with Crippen LogP contribution in [0.1, 0.15) is 25.0 Å². The zero-order chi connectivity index (χ0) is 37.4. The molecule has 0 amide bonds. The molecule has 10 aromatic rings. The third-order valence-corrected chi connectivity index (χ3v) is 12.2. The molecule has 56 heavy (non-hydrogen) atoms. The van der Waals surface area contributed by atoms with Gasteiger partial charge in [0.2, 0.25) is 0 Å². The quantitative estimate of drug-likeness (QED) is 0.161. The van der Waals surface area contributed by atoms with Gasteiger partial charge < -0.3 is 4.90 Å². The number of fused-ring (bicyclic) bond motifs is 10. The molecule has 0 bridgehead atoms. The van der Waals surface area contributed by atoms with Gasteiger partial charge in [0.25, 0.3) is 0 Å². The van der Waals surface area contributed by atoms with E-state index in [0.717, 1.165) is 17.1 Å². The maximum absolute atomic E-state index is 2.41. The van der Waals surface area contributed by atoms with Gasteiger partial charge in [-0.25, -0.2) is 0 Å². The first-order valence-electron chi connectivity index (χ1n) is 19.6. The van der Waals surface area contributed by atoms with Gasteiger partial charge in [0.1, 0.15) is 0 Å². The molecule has 1 aliphatic carbocycles. The van der Waals surface area contributed by atoms with Gasteiger partial charge in [-0.05, 0) is 130 Å². The molecule has 0 saturated heterocycles. The van der Waals surface area contributed by atoms with E-state index in [9.17, 15) is 0 Å². The van der Waals surface area contributed by atoms with Crippen LogP contribution in [-0.2, 0) is 5.41 Å². The molecule has 0 aromatic heterocycles. The van der Waals surface area contributed by atoms with Crippen molar-refractivity contribution in [2.45, 2.75) is 19.3 Å². The number of hydrogen-bond acceptors (Lipinski definition) is 1. The summed E-state index contributed by atoms with van der Waals surface area (Å²) in [5.41, 5.74) is 13.6. The predicted molar refractivity (Wildman–Crippen MR) is 240 cm³/mol. The van der Waals surface area contributed by atoms with E-state index in [2.05, 4.69) is 219 Å². The highest BCUT2D eigenvalue weighted by atomic mass is 15.1.